The predicted molar refractivity (Wildman–Crippen MR) is 139 cm³/mol. The van der Waals surface area contributed by atoms with Crippen molar-refractivity contribution in [3.63, 3.8) is 0 Å². The highest BCUT2D eigenvalue weighted by molar-refractivity contribution is 5.76. The Kier molecular flexibility index (Phi) is 7.38. The van der Waals surface area contributed by atoms with E-state index < -0.39 is 5.82 Å². The lowest BCUT2D eigenvalue weighted by Gasteiger charge is -2.11. The summed E-state index contributed by atoms with van der Waals surface area (Å²) in [5.74, 6) is 0.162. The van der Waals surface area contributed by atoms with Crippen LogP contribution in [-0.4, -0.2) is 28.3 Å². The second-order valence-corrected chi connectivity index (χ2v) is 8.71. The third-order valence-corrected chi connectivity index (χ3v) is 6.23. The predicted octanol–water partition coefficient (Wildman–Crippen LogP) is 6.06. The molecule has 6 nitrogen and oxygen atoms in total. The molecule has 5 rings (SSSR count). The van der Waals surface area contributed by atoms with Gasteiger partial charge in [0.25, 0.3) is 0 Å². The Bertz CT molecular complexity index is 1640. The Balaban J connectivity index is 1.34. The van der Waals surface area contributed by atoms with Crippen LogP contribution in [0.4, 0.5) is 8.78 Å². The van der Waals surface area contributed by atoms with Gasteiger partial charge in [0, 0.05) is 37.3 Å². The standard InChI is InChI=1S/C30H24F2N4O2/c1-37-14-13-36-28-7-3-2-5-27(28)34-29(36)17-21-11-12-22(16-25(21)32)26-6-4-8-30(35-26)38-19-23-10-9-20(18-33)15-24(23)31/h2-12,15-16H,13-14,17,19H2,1H3. The van der Waals surface area contributed by atoms with Gasteiger partial charge in [0.05, 0.1) is 35.0 Å². The largest absolute Gasteiger partial charge is 0.473 e. The second-order valence-electron chi connectivity index (χ2n) is 8.71. The summed E-state index contributed by atoms with van der Waals surface area (Å²) in [5.41, 5.74) is 4.03. The lowest BCUT2D eigenvalue weighted by Crippen LogP contribution is -2.09. The SMILES string of the molecule is COCCn1c(Cc2ccc(-c3cccc(OCc4ccc(C#N)cc4F)n3)cc2F)nc2ccccc21. The summed E-state index contributed by atoms with van der Waals surface area (Å²) in [6.07, 6.45) is 0.331. The summed E-state index contributed by atoms with van der Waals surface area (Å²) in [6, 6.07) is 24.1. The Hall–Kier alpha value is -4.61. The minimum absolute atomic E-state index is 0.0502. The topological polar surface area (TPSA) is 73.0 Å². The van der Waals surface area contributed by atoms with Crippen molar-refractivity contribution in [1.29, 1.82) is 5.26 Å². The van der Waals surface area contributed by atoms with Gasteiger partial charge in [-0.2, -0.15) is 5.26 Å². The number of fused-ring (bicyclic) bond motifs is 1. The normalized spacial score (nSPS) is 11.0. The fourth-order valence-corrected chi connectivity index (χ4v) is 4.25. The zero-order valence-electron chi connectivity index (χ0n) is 20.7. The molecule has 0 amide bonds. The lowest BCUT2D eigenvalue weighted by atomic mass is 10.1. The van der Waals surface area contributed by atoms with Gasteiger partial charge in [-0.15, -0.1) is 0 Å². The van der Waals surface area contributed by atoms with E-state index in [-0.39, 0.29) is 23.9 Å². The van der Waals surface area contributed by atoms with Gasteiger partial charge < -0.3 is 14.0 Å². The van der Waals surface area contributed by atoms with E-state index in [9.17, 15) is 4.39 Å². The van der Waals surface area contributed by atoms with Crippen LogP contribution in [0.2, 0.25) is 0 Å². The molecule has 8 heteroatoms. The number of imidazole rings is 1. The number of rotatable bonds is 9. The molecule has 0 N–H and O–H groups in total. The molecular formula is C30H24F2N4O2. The van der Waals surface area contributed by atoms with Crippen LogP contribution in [0.5, 0.6) is 5.88 Å². The molecule has 3 aromatic carbocycles. The van der Waals surface area contributed by atoms with E-state index in [1.807, 2.05) is 36.4 Å². The van der Waals surface area contributed by atoms with Crippen LogP contribution in [0, 0.1) is 23.0 Å². The average Bonchev–Trinajstić information content (AvgIpc) is 3.29. The summed E-state index contributed by atoms with van der Waals surface area (Å²) in [5, 5.41) is 8.89. The molecule has 0 saturated heterocycles. The van der Waals surface area contributed by atoms with Crippen molar-refractivity contribution in [2.75, 3.05) is 13.7 Å². The van der Waals surface area contributed by atoms with Crippen LogP contribution in [0.15, 0.2) is 78.9 Å². The number of hydrogen-bond acceptors (Lipinski definition) is 5. The highest BCUT2D eigenvalue weighted by atomic mass is 19.1. The highest BCUT2D eigenvalue weighted by Gasteiger charge is 2.14. The first-order chi connectivity index (χ1) is 18.6. The summed E-state index contributed by atoms with van der Waals surface area (Å²) < 4.78 is 42.4. The first-order valence-corrected chi connectivity index (χ1v) is 12.1. The molecule has 0 aliphatic carbocycles. The molecule has 0 unspecified atom stereocenters. The smallest absolute Gasteiger partial charge is 0.214 e. The Morgan fingerprint density at radius 2 is 1.71 bits per heavy atom. The maximum Gasteiger partial charge on any atom is 0.214 e. The van der Waals surface area contributed by atoms with Gasteiger partial charge in [-0.1, -0.05) is 36.4 Å². The molecule has 38 heavy (non-hydrogen) atoms. The van der Waals surface area contributed by atoms with Crippen LogP contribution < -0.4 is 4.74 Å². The van der Waals surface area contributed by atoms with Gasteiger partial charge >= 0.3 is 0 Å². The van der Waals surface area contributed by atoms with Crippen LogP contribution in [-0.2, 0) is 24.3 Å². The number of aromatic nitrogens is 3. The van der Waals surface area contributed by atoms with Gasteiger partial charge in [0.1, 0.15) is 24.1 Å². The number of nitrogens with zero attached hydrogens (tertiary/aromatic N) is 4. The third-order valence-electron chi connectivity index (χ3n) is 6.23. The third kappa shape index (κ3) is 5.38. The quantitative estimate of drug-likeness (QED) is 0.241. The van der Waals surface area contributed by atoms with E-state index >= 15 is 4.39 Å². The minimum atomic E-state index is -0.520. The molecule has 5 aromatic rings. The summed E-state index contributed by atoms with van der Waals surface area (Å²) in [7, 11) is 1.65. The monoisotopic (exact) mass is 510 g/mol. The zero-order chi connectivity index (χ0) is 26.5. The van der Waals surface area contributed by atoms with Gasteiger partial charge in [0.15, 0.2) is 0 Å². The highest BCUT2D eigenvalue weighted by Crippen LogP contribution is 2.25. The van der Waals surface area contributed by atoms with Crippen molar-refractivity contribution in [3.05, 3.63) is 113 Å². The summed E-state index contributed by atoms with van der Waals surface area (Å²) >= 11 is 0. The molecule has 0 atom stereocenters. The number of pyridine rings is 1. The van der Waals surface area contributed by atoms with E-state index in [0.29, 0.717) is 42.0 Å². The molecule has 0 fully saturated rings. The average molecular weight is 511 g/mol. The Morgan fingerprint density at radius 3 is 2.50 bits per heavy atom. The van der Waals surface area contributed by atoms with Crippen molar-refractivity contribution >= 4 is 11.0 Å². The molecule has 2 heterocycles. The number of hydrogen-bond donors (Lipinski definition) is 0. The van der Waals surface area contributed by atoms with Crippen molar-refractivity contribution in [2.24, 2.45) is 0 Å². The molecule has 0 aliphatic heterocycles. The van der Waals surface area contributed by atoms with Crippen LogP contribution >= 0.6 is 0 Å². The van der Waals surface area contributed by atoms with Crippen molar-refractivity contribution in [2.45, 2.75) is 19.6 Å². The molecule has 0 bridgehead atoms. The minimum Gasteiger partial charge on any atom is -0.473 e. The van der Waals surface area contributed by atoms with E-state index in [4.69, 9.17) is 19.7 Å². The van der Waals surface area contributed by atoms with E-state index in [2.05, 4.69) is 9.55 Å². The maximum absolute atomic E-state index is 15.3. The van der Waals surface area contributed by atoms with Crippen LogP contribution in [0.1, 0.15) is 22.5 Å². The summed E-state index contributed by atoms with van der Waals surface area (Å²) in [6.45, 7) is 1.09. The number of methoxy groups -OCH3 is 1. The number of halogens is 2. The molecule has 0 aliphatic rings. The van der Waals surface area contributed by atoms with Gasteiger partial charge in [-0.25, -0.2) is 18.7 Å². The molecular weight excluding hydrogens is 486 g/mol. The second kappa shape index (κ2) is 11.2. The van der Waals surface area contributed by atoms with Gasteiger partial charge in [0.2, 0.25) is 5.88 Å². The Labute approximate surface area is 218 Å². The van der Waals surface area contributed by atoms with E-state index in [0.717, 1.165) is 16.9 Å². The molecule has 0 spiro atoms. The zero-order valence-corrected chi connectivity index (χ0v) is 20.7. The first-order valence-electron chi connectivity index (χ1n) is 12.1. The van der Waals surface area contributed by atoms with E-state index in [1.165, 1.54) is 24.3 Å². The molecule has 0 saturated carbocycles. The van der Waals surface area contributed by atoms with Crippen molar-refractivity contribution in [3.8, 4) is 23.2 Å². The number of para-hydroxylation sites is 2. The lowest BCUT2D eigenvalue weighted by molar-refractivity contribution is 0.187. The number of nitriles is 1. The molecule has 0 radical (unpaired) electrons. The molecule has 2 aromatic heterocycles. The van der Waals surface area contributed by atoms with Crippen molar-refractivity contribution < 1.29 is 18.3 Å². The van der Waals surface area contributed by atoms with Crippen LogP contribution in [0.3, 0.4) is 0 Å². The summed E-state index contributed by atoms with van der Waals surface area (Å²) in [4.78, 5) is 9.18. The van der Waals surface area contributed by atoms with E-state index in [1.54, 1.807) is 31.4 Å². The Morgan fingerprint density at radius 1 is 0.895 bits per heavy atom. The number of ether oxygens (including phenoxy) is 2. The van der Waals surface area contributed by atoms with Gasteiger partial charge in [-0.3, -0.25) is 0 Å². The van der Waals surface area contributed by atoms with Gasteiger partial charge in [-0.05, 0) is 42.0 Å². The first kappa shape index (κ1) is 25.1. The van der Waals surface area contributed by atoms with Crippen LogP contribution in [0.25, 0.3) is 22.3 Å². The maximum atomic E-state index is 15.3. The fourth-order valence-electron chi connectivity index (χ4n) is 4.25. The fraction of sp³-hybridized carbons (Fsp3) is 0.167. The van der Waals surface area contributed by atoms with Crippen molar-refractivity contribution in [1.82, 2.24) is 14.5 Å². The molecule has 190 valence electrons. The number of benzene rings is 3.